The van der Waals surface area contributed by atoms with Crippen LogP contribution in [-0.2, 0) is 19.6 Å². The standard InChI is InChI=1S/C17H26N2O4S/c1-14-7-9-15(10-8-14)19(24(2,21)22)11-3-6-17(20)18-13-16-5-4-12-23-16/h7-10,16H,3-6,11-13H2,1-2H3,(H,18,20). The third-order valence-electron chi connectivity index (χ3n) is 4.04. The fraction of sp³-hybridized carbons (Fsp3) is 0.588. The molecular formula is C17H26N2O4S. The third kappa shape index (κ3) is 5.79. The average Bonchev–Trinajstić information content (AvgIpc) is 3.03. The van der Waals surface area contributed by atoms with Crippen LogP contribution in [0.3, 0.4) is 0 Å². The van der Waals surface area contributed by atoms with Crippen molar-refractivity contribution >= 4 is 21.6 Å². The zero-order chi connectivity index (χ0) is 17.6. The molecule has 7 heteroatoms. The van der Waals surface area contributed by atoms with E-state index in [1.165, 1.54) is 10.6 Å². The number of hydrogen-bond acceptors (Lipinski definition) is 4. The summed E-state index contributed by atoms with van der Waals surface area (Å²) in [5.74, 6) is -0.0668. The second-order valence-electron chi connectivity index (χ2n) is 6.21. The van der Waals surface area contributed by atoms with Gasteiger partial charge < -0.3 is 10.1 Å². The van der Waals surface area contributed by atoms with Gasteiger partial charge in [0, 0.05) is 26.1 Å². The molecule has 0 aliphatic carbocycles. The number of anilines is 1. The first kappa shape index (κ1) is 18.7. The Morgan fingerprint density at radius 3 is 2.62 bits per heavy atom. The molecule has 24 heavy (non-hydrogen) atoms. The number of carbonyl (C=O) groups is 1. The maximum atomic E-state index is 12.0. The van der Waals surface area contributed by atoms with Crippen molar-refractivity contribution in [3.8, 4) is 0 Å². The number of rotatable bonds is 8. The molecule has 1 N–H and O–H groups in total. The van der Waals surface area contributed by atoms with E-state index in [-0.39, 0.29) is 18.6 Å². The Balaban J connectivity index is 1.82. The number of benzene rings is 1. The zero-order valence-corrected chi connectivity index (χ0v) is 15.1. The van der Waals surface area contributed by atoms with E-state index in [9.17, 15) is 13.2 Å². The molecule has 1 atom stereocenters. The van der Waals surface area contributed by atoms with Crippen LogP contribution in [0, 0.1) is 6.92 Å². The minimum Gasteiger partial charge on any atom is -0.376 e. The van der Waals surface area contributed by atoms with Crippen LogP contribution >= 0.6 is 0 Å². The highest BCUT2D eigenvalue weighted by molar-refractivity contribution is 7.92. The van der Waals surface area contributed by atoms with Crippen LogP contribution in [-0.4, -0.2) is 46.4 Å². The van der Waals surface area contributed by atoms with Gasteiger partial charge in [-0.1, -0.05) is 17.7 Å². The zero-order valence-electron chi connectivity index (χ0n) is 14.3. The van der Waals surface area contributed by atoms with Gasteiger partial charge in [-0.15, -0.1) is 0 Å². The molecule has 1 fully saturated rings. The average molecular weight is 354 g/mol. The normalized spacial score (nSPS) is 17.7. The lowest BCUT2D eigenvalue weighted by molar-refractivity contribution is -0.121. The highest BCUT2D eigenvalue weighted by Crippen LogP contribution is 2.19. The molecular weight excluding hydrogens is 328 g/mol. The van der Waals surface area contributed by atoms with E-state index in [4.69, 9.17) is 4.74 Å². The highest BCUT2D eigenvalue weighted by Gasteiger charge is 2.18. The maximum Gasteiger partial charge on any atom is 0.232 e. The monoisotopic (exact) mass is 354 g/mol. The van der Waals surface area contributed by atoms with E-state index in [1.54, 1.807) is 12.1 Å². The molecule has 6 nitrogen and oxygen atoms in total. The van der Waals surface area contributed by atoms with E-state index in [0.29, 0.717) is 25.1 Å². The van der Waals surface area contributed by atoms with E-state index in [0.717, 1.165) is 25.0 Å². The molecule has 0 spiro atoms. The lowest BCUT2D eigenvalue weighted by Gasteiger charge is -2.22. The van der Waals surface area contributed by atoms with Gasteiger partial charge in [-0.3, -0.25) is 9.10 Å². The number of ether oxygens (including phenoxy) is 1. The SMILES string of the molecule is Cc1ccc(N(CCCC(=O)NCC2CCCO2)S(C)(=O)=O)cc1. The fourth-order valence-corrected chi connectivity index (χ4v) is 3.67. The molecule has 0 radical (unpaired) electrons. The molecule has 1 aromatic carbocycles. The van der Waals surface area contributed by atoms with Crippen molar-refractivity contribution in [2.75, 3.05) is 30.3 Å². The summed E-state index contributed by atoms with van der Waals surface area (Å²) in [6.45, 7) is 3.54. The molecule has 134 valence electrons. The van der Waals surface area contributed by atoms with Gasteiger partial charge in [-0.25, -0.2) is 8.42 Å². The van der Waals surface area contributed by atoms with Gasteiger partial charge >= 0.3 is 0 Å². The summed E-state index contributed by atoms with van der Waals surface area (Å²) in [5, 5.41) is 2.85. The largest absolute Gasteiger partial charge is 0.376 e. The fourth-order valence-electron chi connectivity index (χ4n) is 2.70. The molecule has 1 unspecified atom stereocenters. The number of nitrogens with zero attached hydrogens (tertiary/aromatic N) is 1. The summed E-state index contributed by atoms with van der Waals surface area (Å²) >= 11 is 0. The number of aryl methyl sites for hydroxylation is 1. The smallest absolute Gasteiger partial charge is 0.232 e. The van der Waals surface area contributed by atoms with Crippen LogP contribution in [0.5, 0.6) is 0 Å². The van der Waals surface area contributed by atoms with E-state index < -0.39 is 10.0 Å². The summed E-state index contributed by atoms with van der Waals surface area (Å²) in [6, 6.07) is 7.32. The molecule has 2 rings (SSSR count). The van der Waals surface area contributed by atoms with Crippen molar-refractivity contribution in [3.63, 3.8) is 0 Å². The summed E-state index contributed by atoms with van der Waals surface area (Å²) in [6.07, 6.45) is 4.09. The lowest BCUT2D eigenvalue weighted by Crippen LogP contribution is -2.34. The predicted octanol–water partition coefficient (Wildman–Crippen LogP) is 1.84. The topological polar surface area (TPSA) is 75.7 Å². The number of carbonyl (C=O) groups excluding carboxylic acids is 1. The Morgan fingerprint density at radius 2 is 2.04 bits per heavy atom. The molecule has 1 aliphatic rings. The van der Waals surface area contributed by atoms with Crippen LogP contribution in [0.4, 0.5) is 5.69 Å². The molecule has 0 saturated carbocycles. The minimum atomic E-state index is -3.37. The summed E-state index contributed by atoms with van der Waals surface area (Å²) in [7, 11) is -3.37. The van der Waals surface area contributed by atoms with E-state index in [2.05, 4.69) is 5.32 Å². The lowest BCUT2D eigenvalue weighted by atomic mass is 10.2. The van der Waals surface area contributed by atoms with Crippen LogP contribution in [0.1, 0.15) is 31.2 Å². The van der Waals surface area contributed by atoms with Crippen molar-refractivity contribution in [2.24, 2.45) is 0 Å². The van der Waals surface area contributed by atoms with Gasteiger partial charge in [0.1, 0.15) is 0 Å². The number of nitrogens with one attached hydrogen (secondary N) is 1. The first-order valence-electron chi connectivity index (χ1n) is 8.29. The van der Waals surface area contributed by atoms with Gasteiger partial charge in [-0.2, -0.15) is 0 Å². The van der Waals surface area contributed by atoms with Gasteiger partial charge in [0.05, 0.1) is 18.0 Å². The molecule has 1 aromatic rings. The number of sulfonamides is 1. The van der Waals surface area contributed by atoms with Crippen LogP contribution < -0.4 is 9.62 Å². The molecule has 1 aliphatic heterocycles. The minimum absolute atomic E-state index is 0.0668. The second-order valence-corrected chi connectivity index (χ2v) is 8.12. The van der Waals surface area contributed by atoms with Crippen LogP contribution in [0.2, 0.25) is 0 Å². The Bertz CT molecular complexity index is 637. The third-order valence-corrected chi connectivity index (χ3v) is 5.23. The summed E-state index contributed by atoms with van der Waals surface area (Å²) < 4.78 is 30.8. The molecule has 0 aromatic heterocycles. The summed E-state index contributed by atoms with van der Waals surface area (Å²) in [4.78, 5) is 11.9. The Labute approximate surface area is 144 Å². The Morgan fingerprint density at radius 1 is 1.33 bits per heavy atom. The highest BCUT2D eigenvalue weighted by atomic mass is 32.2. The predicted molar refractivity (Wildman–Crippen MR) is 94.6 cm³/mol. The van der Waals surface area contributed by atoms with Gasteiger partial charge in [0.2, 0.25) is 15.9 Å². The van der Waals surface area contributed by atoms with Gasteiger partial charge in [-0.05, 0) is 38.3 Å². The van der Waals surface area contributed by atoms with E-state index >= 15 is 0 Å². The van der Waals surface area contributed by atoms with Crippen molar-refractivity contribution in [2.45, 2.75) is 38.7 Å². The first-order valence-corrected chi connectivity index (χ1v) is 10.1. The molecule has 1 saturated heterocycles. The van der Waals surface area contributed by atoms with E-state index in [1.807, 2.05) is 19.1 Å². The number of hydrogen-bond donors (Lipinski definition) is 1. The Kier molecular flexibility index (Phi) is 6.62. The van der Waals surface area contributed by atoms with Crippen LogP contribution in [0.25, 0.3) is 0 Å². The Hall–Kier alpha value is -1.60. The van der Waals surface area contributed by atoms with Crippen molar-refractivity contribution in [3.05, 3.63) is 29.8 Å². The van der Waals surface area contributed by atoms with Crippen molar-refractivity contribution in [1.82, 2.24) is 5.32 Å². The van der Waals surface area contributed by atoms with Gasteiger partial charge in [0.25, 0.3) is 0 Å². The summed E-state index contributed by atoms with van der Waals surface area (Å²) in [5.41, 5.74) is 1.70. The maximum absolute atomic E-state index is 12.0. The molecule has 1 heterocycles. The second kappa shape index (κ2) is 8.48. The quantitative estimate of drug-likeness (QED) is 0.773. The molecule has 0 bridgehead atoms. The van der Waals surface area contributed by atoms with Crippen molar-refractivity contribution < 1.29 is 17.9 Å². The van der Waals surface area contributed by atoms with Crippen LogP contribution in [0.15, 0.2) is 24.3 Å². The first-order chi connectivity index (χ1) is 11.4. The number of amides is 1. The van der Waals surface area contributed by atoms with Gasteiger partial charge in [0.15, 0.2) is 0 Å². The molecule has 1 amide bonds. The van der Waals surface area contributed by atoms with Crippen molar-refractivity contribution in [1.29, 1.82) is 0 Å².